The number of nitrogens with zero attached hydrogens (tertiary/aromatic N) is 1. The lowest BCUT2D eigenvalue weighted by atomic mass is 10.1. The van der Waals surface area contributed by atoms with Gasteiger partial charge in [0.25, 0.3) is 0 Å². The SMILES string of the molecule is Ic1ccccc1-c1[nH]nc2c1CCN2. The third-order valence-electron chi connectivity index (χ3n) is 2.68. The van der Waals surface area contributed by atoms with Crippen molar-refractivity contribution in [3.63, 3.8) is 0 Å². The summed E-state index contributed by atoms with van der Waals surface area (Å²) in [6.45, 7) is 1.00. The first kappa shape index (κ1) is 9.21. The highest BCUT2D eigenvalue weighted by atomic mass is 127. The molecule has 0 fully saturated rings. The Hall–Kier alpha value is -1.04. The monoisotopic (exact) mass is 311 g/mol. The lowest BCUT2D eigenvalue weighted by Gasteiger charge is -2.02. The van der Waals surface area contributed by atoms with E-state index in [9.17, 15) is 0 Å². The summed E-state index contributed by atoms with van der Waals surface area (Å²) in [6.07, 6.45) is 1.06. The molecule has 3 rings (SSSR count). The molecule has 1 aromatic carbocycles. The molecule has 1 aliphatic heterocycles. The van der Waals surface area contributed by atoms with Crippen molar-refractivity contribution in [2.24, 2.45) is 0 Å². The summed E-state index contributed by atoms with van der Waals surface area (Å²) in [5.74, 6) is 1.02. The number of halogens is 1. The van der Waals surface area contributed by atoms with Crippen molar-refractivity contribution in [2.45, 2.75) is 6.42 Å². The quantitative estimate of drug-likeness (QED) is 0.795. The van der Waals surface area contributed by atoms with E-state index in [0.29, 0.717) is 0 Å². The van der Waals surface area contributed by atoms with Gasteiger partial charge in [0, 0.05) is 21.2 Å². The Balaban J connectivity index is 2.17. The first-order chi connectivity index (χ1) is 7.36. The van der Waals surface area contributed by atoms with E-state index < -0.39 is 0 Å². The van der Waals surface area contributed by atoms with Gasteiger partial charge in [-0.3, -0.25) is 5.10 Å². The van der Waals surface area contributed by atoms with E-state index in [2.05, 4.69) is 62.4 Å². The zero-order chi connectivity index (χ0) is 10.3. The fraction of sp³-hybridized carbons (Fsp3) is 0.182. The topological polar surface area (TPSA) is 40.7 Å². The average Bonchev–Trinajstić information content (AvgIpc) is 2.80. The maximum absolute atomic E-state index is 4.27. The number of hydrogen-bond acceptors (Lipinski definition) is 2. The molecule has 15 heavy (non-hydrogen) atoms. The molecule has 0 aliphatic carbocycles. The minimum Gasteiger partial charge on any atom is -0.368 e. The lowest BCUT2D eigenvalue weighted by Crippen LogP contribution is -1.95. The van der Waals surface area contributed by atoms with Gasteiger partial charge < -0.3 is 5.32 Å². The first-order valence-corrected chi connectivity index (χ1v) is 6.00. The van der Waals surface area contributed by atoms with Crippen LogP contribution in [0.25, 0.3) is 11.3 Å². The molecule has 0 saturated heterocycles. The Morgan fingerprint density at radius 3 is 3.00 bits per heavy atom. The number of anilines is 1. The number of rotatable bonds is 1. The molecule has 0 atom stereocenters. The zero-order valence-electron chi connectivity index (χ0n) is 8.05. The van der Waals surface area contributed by atoms with E-state index >= 15 is 0 Å². The van der Waals surface area contributed by atoms with E-state index in [1.165, 1.54) is 20.4 Å². The highest BCUT2D eigenvalue weighted by Gasteiger charge is 2.19. The van der Waals surface area contributed by atoms with Crippen molar-refractivity contribution in [3.05, 3.63) is 33.4 Å². The zero-order valence-corrected chi connectivity index (χ0v) is 10.2. The Labute approximate surface area is 101 Å². The summed E-state index contributed by atoms with van der Waals surface area (Å²) in [7, 11) is 0. The van der Waals surface area contributed by atoms with Crippen molar-refractivity contribution in [1.82, 2.24) is 10.2 Å². The van der Waals surface area contributed by atoms with E-state index in [4.69, 9.17) is 0 Å². The molecule has 2 N–H and O–H groups in total. The summed E-state index contributed by atoms with van der Waals surface area (Å²) < 4.78 is 1.26. The molecule has 0 unspecified atom stereocenters. The molecule has 3 nitrogen and oxygen atoms in total. The van der Waals surface area contributed by atoms with Crippen LogP contribution in [0.3, 0.4) is 0 Å². The highest BCUT2D eigenvalue weighted by molar-refractivity contribution is 14.1. The maximum Gasteiger partial charge on any atom is 0.151 e. The second kappa shape index (κ2) is 3.52. The summed E-state index contributed by atoms with van der Waals surface area (Å²) >= 11 is 2.36. The Bertz CT molecular complexity index is 504. The number of benzene rings is 1. The highest BCUT2D eigenvalue weighted by Crippen LogP contribution is 2.32. The molecular weight excluding hydrogens is 301 g/mol. The third-order valence-corrected chi connectivity index (χ3v) is 3.62. The summed E-state index contributed by atoms with van der Waals surface area (Å²) in [5.41, 5.74) is 3.73. The number of hydrogen-bond donors (Lipinski definition) is 2. The standard InChI is InChI=1S/C11H10IN3/c12-9-4-2-1-3-7(9)10-8-5-6-13-11(8)15-14-10/h1-4H,5-6H2,(H2,13,14,15). The van der Waals surface area contributed by atoms with E-state index in [1.807, 2.05) is 0 Å². The van der Waals surface area contributed by atoms with Gasteiger partial charge in [0.05, 0.1) is 5.69 Å². The number of H-pyrrole nitrogens is 1. The summed E-state index contributed by atoms with van der Waals surface area (Å²) in [4.78, 5) is 0. The van der Waals surface area contributed by atoms with Gasteiger partial charge in [-0.2, -0.15) is 5.10 Å². The molecule has 76 valence electrons. The van der Waals surface area contributed by atoms with Gasteiger partial charge in [-0.15, -0.1) is 0 Å². The Kier molecular flexibility index (Phi) is 2.16. The third kappa shape index (κ3) is 1.43. The van der Waals surface area contributed by atoms with Gasteiger partial charge >= 0.3 is 0 Å². The summed E-state index contributed by atoms with van der Waals surface area (Å²) in [6, 6.07) is 8.37. The van der Waals surface area contributed by atoms with Gasteiger partial charge in [-0.1, -0.05) is 18.2 Å². The van der Waals surface area contributed by atoms with Crippen molar-refractivity contribution in [3.8, 4) is 11.3 Å². The van der Waals surface area contributed by atoms with Crippen LogP contribution in [0.5, 0.6) is 0 Å². The molecule has 4 heteroatoms. The predicted octanol–water partition coefficient (Wildman–Crippen LogP) is 2.65. The van der Waals surface area contributed by atoms with Crippen LogP contribution in [0.15, 0.2) is 24.3 Å². The Morgan fingerprint density at radius 1 is 1.27 bits per heavy atom. The lowest BCUT2D eigenvalue weighted by molar-refractivity contribution is 1.04. The normalized spacial score (nSPS) is 13.7. The van der Waals surface area contributed by atoms with Crippen LogP contribution in [-0.4, -0.2) is 16.7 Å². The van der Waals surface area contributed by atoms with Crippen LogP contribution in [0.4, 0.5) is 5.82 Å². The van der Waals surface area contributed by atoms with Crippen LogP contribution >= 0.6 is 22.6 Å². The van der Waals surface area contributed by atoms with Crippen molar-refractivity contribution >= 4 is 28.4 Å². The molecule has 0 spiro atoms. The smallest absolute Gasteiger partial charge is 0.151 e. The van der Waals surface area contributed by atoms with Crippen LogP contribution < -0.4 is 5.32 Å². The van der Waals surface area contributed by atoms with Gasteiger partial charge in [0.2, 0.25) is 0 Å². The second-order valence-corrected chi connectivity index (χ2v) is 4.74. The molecule has 0 radical (unpaired) electrons. The van der Waals surface area contributed by atoms with Crippen LogP contribution in [-0.2, 0) is 6.42 Å². The predicted molar refractivity (Wildman–Crippen MR) is 68.9 cm³/mol. The number of fused-ring (bicyclic) bond motifs is 1. The first-order valence-electron chi connectivity index (χ1n) is 4.92. The molecule has 0 bridgehead atoms. The largest absolute Gasteiger partial charge is 0.368 e. The molecule has 1 aromatic heterocycles. The van der Waals surface area contributed by atoms with Crippen molar-refractivity contribution in [1.29, 1.82) is 0 Å². The van der Waals surface area contributed by atoms with Crippen LogP contribution in [0, 0.1) is 3.57 Å². The Morgan fingerprint density at radius 2 is 2.13 bits per heavy atom. The molecule has 1 aliphatic rings. The minimum atomic E-state index is 1.00. The minimum absolute atomic E-state index is 1.00. The number of aromatic nitrogens is 2. The van der Waals surface area contributed by atoms with E-state index in [0.717, 1.165) is 18.8 Å². The molecule has 2 aromatic rings. The van der Waals surface area contributed by atoms with Gasteiger partial charge in [0.1, 0.15) is 0 Å². The fourth-order valence-corrected chi connectivity index (χ4v) is 2.60. The van der Waals surface area contributed by atoms with E-state index in [-0.39, 0.29) is 0 Å². The molecular formula is C11H10IN3. The molecule has 2 heterocycles. The molecule has 0 saturated carbocycles. The molecule has 0 amide bonds. The maximum atomic E-state index is 4.27. The van der Waals surface area contributed by atoms with Gasteiger partial charge in [0.15, 0.2) is 5.82 Å². The van der Waals surface area contributed by atoms with Crippen molar-refractivity contribution in [2.75, 3.05) is 11.9 Å². The fourth-order valence-electron chi connectivity index (χ4n) is 1.95. The van der Waals surface area contributed by atoms with Crippen LogP contribution in [0.1, 0.15) is 5.56 Å². The van der Waals surface area contributed by atoms with Gasteiger partial charge in [-0.05, 0) is 35.1 Å². The number of nitrogens with one attached hydrogen (secondary N) is 2. The second-order valence-electron chi connectivity index (χ2n) is 3.58. The van der Waals surface area contributed by atoms with Crippen molar-refractivity contribution < 1.29 is 0 Å². The van der Waals surface area contributed by atoms with Crippen LogP contribution in [0.2, 0.25) is 0 Å². The van der Waals surface area contributed by atoms with Gasteiger partial charge in [-0.25, -0.2) is 0 Å². The summed E-state index contributed by atoms with van der Waals surface area (Å²) in [5, 5.41) is 10.7. The number of aromatic amines is 1. The van der Waals surface area contributed by atoms with E-state index in [1.54, 1.807) is 0 Å². The average molecular weight is 311 g/mol.